The third-order valence-electron chi connectivity index (χ3n) is 3.09. The molecule has 0 spiro atoms. The zero-order valence-electron chi connectivity index (χ0n) is 10.5. The Morgan fingerprint density at radius 1 is 1.44 bits per heavy atom. The zero-order chi connectivity index (χ0) is 13.0. The molecule has 0 radical (unpaired) electrons. The normalized spacial score (nSPS) is 16.3. The molecule has 1 N–H and O–H groups in total. The lowest BCUT2D eigenvalue weighted by molar-refractivity contribution is -0.118. The average Bonchev–Trinajstić information content (AvgIpc) is 3.18. The maximum absolute atomic E-state index is 12.8. The molecule has 1 saturated carbocycles. The highest BCUT2D eigenvalue weighted by Crippen LogP contribution is 2.29. The van der Waals surface area contributed by atoms with Gasteiger partial charge in [0.25, 0.3) is 0 Å². The molecule has 1 aliphatic rings. The van der Waals surface area contributed by atoms with E-state index >= 15 is 0 Å². The Bertz CT molecular complexity index is 403. The number of benzene rings is 1. The molecular formula is C14H18FNOS. The quantitative estimate of drug-likeness (QED) is 0.858. The van der Waals surface area contributed by atoms with Crippen molar-refractivity contribution in [3.05, 3.63) is 35.6 Å². The molecule has 0 bridgehead atoms. The van der Waals surface area contributed by atoms with E-state index in [1.807, 2.05) is 6.92 Å². The largest absolute Gasteiger partial charge is 0.355 e. The Morgan fingerprint density at radius 2 is 2.11 bits per heavy atom. The summed E-state index contributed by atoms with van der Waals surface area (Å²) in [6.45, 7) is 2.86. The first kappa shape index (κ1) is 13.4. The third-order valence-corrected chi connectivity index (χ3v) is 4.29. The minimum atomic E-state index is -0.224. The van der Waals surface area contributed by atoms with Gasteiger partial charge in [0.05, 0.1) is 5.75 Å². The number of thioether (sulfide) groups is 1. The third kappa shape index (κ3) is 4.33. The molecule has 0 heterocycles. The minimum Gasteiger partial charge on any atom is -0.355 e. The van der Waals surface area contributed by atoms with Crippen molar-refractivity contribution in [2.24, 2.45) is 5.92 Å². The molecule has 1 atom stereocenters. The van der Waals surface area contributed by atoms with E-state index < -0.39 is 0 Å². The van der Waals surface area contributed by atoms with Crippen molar-refractivity contribution >= 4 is 17.7 Å². The Labute approximate surface area is 111 Å². The molecule has 18 heavy (non-hydrogen) atoms. The van der Waals surface area contributed by atoms with Crippen LogP contribution in [0.4, 0.5) is 4.39 Å². The number of hydrogen-bond donors (Lipinski definition) is 1. The Hall–Kier alpha value is -1.03. The van der Waals surface area contributed by atoms with Crippen LogP contribution in [0, 0.1) is 11.7 Å². The SMILES string of the molecule is CC(SCC(=O)NCC1CC1)c1ccc(F)cc1. The number of carbonyl (C=O) groups is 1. The highest BCUT2D eigenvalue weighted by molar-refractivity contribution is 8.00. The van der Waals surface area contributed by atoms with Crippen molar-refractivity contribution in [1.29, 1.82) is 0 Å². The molecular weight excluding hydrogens is 249 g/mol. The van der Waals surface area contributed by atoms with Crippen molar-refractivity contribution in [3.8, 4) is 0 Å². The summed E-state index contributed by atoms with van der Waals surface area (Å²) < 4.78 is 12.8. The van der Waals surface area contributed by atoms with E-state index in [9.17, 15) is 9.18 Å². The number of carbonyl (C=O) groups excluding carboxylic acids is 1. The van der Waals surface area contributed by atoms with E-state index in [1.165, 1.54) is 25.0 Å². The van der Waals surface area contributed by atoms with Crippen molar-refractivity contribution in [3.63, 3.8) is 0 Å². The fraction of sp³-hybridized carbons (Fsp3) is 0.500. The second kappa shape index (κ2) is 6.23. The molecule has 1 aliphatic carbocycles. The van der Waals surface area contributed by atoms with Gasteiger partial charge in [0.2, 0.25) is 5.91 Å². The summed E-state index contributed by atoms with van der Waals surface area (Å²) in [7, 11) is 0. The molecule has 2 nitrogen and oxygen atoms in total. The lowest BCUT2D eigenvalue weighted by atomic mass is 10.2. The number of hydrogen-bond acceptors (Lipinski definition) is 2. The van der Waals surface area contributed by atoms with Crippen LogP contribution in [0.15, 0.2) is 24.3 Å². The van der Waals surface area contributed by atoms with E-state index in [4.69, 9.17) is 0 Å². The first-order chi connectivity index (χ1) is 8.65. The van der Waals surface area contributed by atoms with Crippen molar-refractivity contribution in [1.82, 2.24) is 5.32 Å². The van der Waals surface area contributed by atoms with Crippen molar-refractivity contribution < 1.29 is 9.18 Å². The summed E-state index contributed by atoms with van der Waals surface area (Å²) in [6.07, 6.45) is 2.50. The molecule has 0 saturated heterocycles. The Kier molecular flexibility index (Phi) is 4.64. The molecule has 1 unspecified atom stereocenters. The van der Waals surface area contributed by atoms with Gasteiger partial charge in [0, 0.05) is 11.8 Å². The van der Waals surface area contributed by atoms with Crippen LogP contribution in [0.5, 0.6) is 0 Å². The lowest BCUT2D eigenvalue weighted by Gasteiger charge is -2.11. The summed E-state index contributed by atoms with van der Waals surface area (Å²) in [5.41, 5.74) is 1.05. The molecule has 4 heteroatoms. The molecule has 1 aromatic rings. The van der Waals surface area contributed by atoms with E-state index in [0.29, 0.717) is 11.7 Å². The maximum Gasteiger partial charge on any atom is 0.230 e. The first-order valence-corrected chi connectivity index (χ1v) is 7.34. The molecule has 0 aromatic heterocycles. The topological polar surface area (TPSA) is 29.1 Å². The van der Waals surface area contributed by atoms with Crippen LogP contribution in [0.3, 0.4) is 0 Å². The van der Waals surface area contributed by atoms with E-state index in [-0.39, 0.29) is 17.0 Å². The van der Waals surface area contributed by atoms with Gasteiger partial charge in [0.15, 0.2) is 0 Å². The summed E-state index contributed by atoms with van der Waals surface area (Å²) in [4.78, 5) is 11.6. The molecule has 1 fully saturated rings. The monoisotopic (exact) mass is 267 g/mol. The zero-order valence-corrected chi connectivity index (χ0v) is 11.3. The molecule has 1 aromatic carbocycles. The van der Waals surface area contributed by atoms with Crippen LogP contribution in [-0.4, -0.2) is 18.2 Å². The van der Waals surface area contributed by atoms with Crippen LogP contribution in [0.2, 0.25) is 0 Å². The summed E-state index contributed by atoms with van der Waals surface area (Å²) in [6, 6.07) is 6.46. The first-order valence-electron chi connectivity index (χ1n) is 6.29. The van der Waals surface area contributed by atoms with Gasteiger partial charge in [-0.3, -0.25) is 4.79 Å². The summed E-state index contributed by atoms with van der Waals surface area (Å²) in [5.74, 6) is 1.05. The van der Waals surface area contributed by atoms with Gasteiger partial charge in [-0.1, -0.05) is 12.1 Å². The molecule has 0 aliphatic heterocycles. The van der Waals surface area contributed by atoms with E-state index in [2.05, 4.69) is 5.32 Å². The highest BCUT2D eigenvalue weighted by Gasteiger charge is 2.21. The smallest absolute Gasteiger partial charge is 0.230 e. The van der Waals surface area contributed by atoms with Crippen LogP contribution in [-0.2, 0) is 4.79 Å². The number of rotatable bonds is 6. The highest BCUT2D eigenvalue weighted by atomic mass is 32.2. The molecule has 2 rings (SSSR count). The average molecular weight is 267 g/mol. The Balaban J connectivity index is 1.71. The van der Waals surface area contributed by atoms with Gasteiger partial charge in [-0.15, -0.1) is 11.8 Å². The fourth-order valence-corrected chi connectivity index (χ4v) is 2.51. The van der Waals surface area contributed by atoms with Gasteiger partial charge >= 0.3 is 0 Å². The van der Waals surface area contributed by atoms with Gasteiger partial charge in [-0.05, 0) is 43.4 Å². The van der Waals surface area contributed by atoms with Crippen LogP contribution < -0.4 is 5.32 Å². The summed E-state index contributed by atoms with van der Waals surface area (Å²) in [5, 5.41) is 3.15. The summed E-state index contributed by atoms with van der Waals surface area (Å²) >= 11 is 1.58. The predicted molar refractivity (Wildman–Crippen MR) is 73.0 cm³/mol. The van der Waals surface area contributed by atoms with Gasteiger partial charge in [-0.25, -0.2) is 4.39 Å². The number of amides is 1. The molecule has 1 amide bonds. The predicted octanol–water partition coefficient (Wildman–Crippen LogP) is 3.15. The van der Waals surface area contributed by atoms with Crippen LogP contribution in [0.1, 0.15) is 30.6 Å². The Morgan fingerprint density at radius 3 is 2.72 bits per heavy atom. The number of nitrogens with one attached hydrogen (secondary N) is 1. The lowest BCUT2D eigenvalue weighted by Crippen LogP contribution is -2.27. The molecule has 98 valence electrons. The van der Waals surface area contributed by atoms with Crippen LogP contribution >= 0.6 is 11.8 Å². The van der Waals surface area contributed by atoms with Gasteiger partial charge in [-0.2, -0.15) is 0 Å². The number of halogens is 1. The fourth-order valence-electron chi connectivity index (χ4n) is 1.66. The second-order valence-corrected chi connectivity index (χ2v) is 6.08. The second-order valence-electron chi connectivity index (χ2n) is 4.75. The van der Waals surface area contributed by atoms with Crippen molar-refractivity contribution in [2.45, 2.75) is 25.0 Å². The van der Waals surface area contributed by atoms with Gasteiger partial charge in [0.1, 0.15) is 5.82 Å². The van der Waals surface area contributed by atoms with Crippen LogP contribution in [0.25, 0.3) is 0 Å². The van der Waals surface area contributed by atoms with Crippen molar-refractivity contribution in [2.75, 3.05) is 12.3 Å². The standard InChI is InChI=1S/C14H18FNOS/c1-10(12-4-6-13(15)7-5-12)18-9-14(17)16-8-11-2-3-11/h4-7,10-11H,2-3,8-9H2,1H3,(H,16,17). The minimum absolute atomic E-state index is 0.0980. The van der Waals surface area contributed by atoms with Gasteiger partial charge < -0.3 is 5.32 Å². The van der Waals surface area contributed by atoms with E-state index in [1.54, 1.807) is 23.9 Å². The van der Waals surface area contributed by atoms with E-state index in [0.717, 1.165) is 12.1 Å². The maximum atomic E-state index is 12.8.